The van der Waals surface area contributed by atoms with Crippen molar-refractivity contribution in [3.63, 3.8) is 0 Å². The van der Waals surface area contributed by atoms with Crippen LogP contribution in [0.25, 0.3) is 10.8 Å². The van der Waals surface area contributed by atoms with Gasteiger partial charge in [-0.1, -0.05) is 61.5 Å². The first-order valence-corrected chi connectivity index (χ1v) is 13.2. The monoisotopic (exact) mass is 573 g/mol. The normalized spacial score (nSPS) is 17.4. The van der Waals surface area contributed by atoms with Crippen molar-refractivity contribution < 1.29 is 19.4 Å². The number of benzene rings is 3. The molecule has 0 bridgehead atoms. The Morgan fingerprint density at radius 1 is 0.795 bits per heavy atom. The molecule has 39 heavy (non-hydrogen) atoms. The fourth-order valence-corrected chi connectivity index (χ4v) is 5.42. The lowest BCUT2D eigenvalue weighted by Crippen LogP contribution is -2.51. The predicted octanol–water partition coefficient (Wildman–Crippen LogP) is 4.43. The average Bonchev–Trinajstić information content (AvgIpc) is 2.93. The number of hydrogen-bond donors (Lipinski definition) is 1. The van der Waals surface area contributed by atoms with Crippen molar-refractivity contribution in [2.75, 3.05) is 52.4 Å². The standard InChI is InChI=1S/C30H35N3O4.2ClH/c1-2-27(22-8-4-3-5-9-22)37-21-24(34)20-32-16-14-31(15-17-32)18-19-33-29(35)25-12-6-10-23-11-7-13-26(28(23)25)30(33)36;;/h3-13,24,27,34H,2,14-21H2,1H3;2*1H. The highest BCUT2D eigenvalue weighted by Gasteiger charge is 2.33. The Hall–Kier alpha value is -2.52. The number of β-amino-alcohol motifs (C(OH)–C–C–N with tert-alkyl or cyclic N) is 1. The highest BCUT2D eigenvalue weighted by molar-refractivity contribution is 6.25. The van der Waals surface area contributed by atoms with Crippen LogP contribution in [0.15, 0.2) is 66.7 Å². The van der Waals surface area contributed by atoms with Crippen LogP contribution in [0.2, 0.25) is 0 Å². The van der Waals surface area contributed by atoms with Crippen molar-refractivity contribution in [3.8, 4) is 0 Å². The number of amides is 2. The van der Waals surface area contributed by atoms with E-state index in [9.17, 15) is 14.7 Å². The Morgan fingerprint density at radius 3 is 1.97 bits per heavy atom. The zero-order valence-corrected chi connectivity index (χ0v) is 23.8. The Labute approximate surface area is 242 Å². The van der Waals surface area contributed by atoms with E-state index in [4.69, 9.17) is 4.74 Å². The molecule has 2 atom stereocenters. The summed E-state index contributed by atoms with van der Waals surface area (Å²) in [6, 6.07) is 21.4. The van der Waals surface area contributed by atoms with Gasteiger partial charge in [-0.3, -0.25) is 24.3 Å². The van der Waals surface area contributed by atoms with Crippen LogP contribution in [0.3, 0.4) is 0 Å². The Balaban J connectivity index is 0.00000210. The fourth-order valence-electron chi connectivity index (χ4n) is 5.42. The number of imide groups is 1. The average molecular weight is 575 g/mol. The Kier molecular flexibility index (Phi) is 11.3. The van der Waals surface area contributed by atoms with Crippen molar-refractivity contribution in [1.29, 1.82) is 0 Å². The summed E-state index contributed by atoms with van der Waals surface area (Å²) in [6.07, 6.45) is 0.306. The number of piperazine rings is 1. The van der Waals surface area contributed by atoms with Crippen molar-refractivity contribution >= 4 is 47.4 Å². The lowest BCUT2D eigenvalue weighted by atomic mass is 9.94. The fraction of sp³-hybridized carbons (Fsp3) is 0.400. The highest BCUT2D eigenvalue weighted by Crippen LogP contribution is 2.30. The number of ether oxygens (including phenoxy) is 1. The zero-order chi connectivity index (χ0) is 25.8. The minimum Gasteiger partial charge on any atom is -0.389 e. The lowest BCUT2D eigenvalue weighted by molar-refractivity contribution is -0.0282. The maximum absolute atomic E-state index is 13.1. The molecule has 2 heterocycles. The summed E-state index contributed by atoms with van der Waals surface area (Å²) >= 11 is 0. The van der Waals surface area contributed by atoms with E-state index in [0.29, 0.717) is 37.4 Å². The molecule has 3 aromatic carbocycles. The van der Waals surface area contributed by atoms with Crippen LogP contribution in [-0.4, -0.2) is 90.1 Å². The number of aliphatic hydroxyl groups excluding tert-OH is 1. The molecular weight excluding hydrogens is 537 g/mol. The molecule has 5 rings (SSSR count). The van der Waals surface area contributed by atoms with Crippen LogP contribution in [0.1, 0.15) is 45.7 Å². The maximum atomic E-state index is 13.1. The third-order valence-electron chi connectivity index (χ3n) is 7.46. The smallest absolute Gasteiger partial charge is 0.261 e. The summed E-state index contributed by atoms with van der Waals surface area (Å²) in [5.74, 6) is -0.422. The van der Waals surface area contributed by atoms with E-state index in [2.05, 4.69) is 28.9 Å². The van der Waals surface area contributed by atoms with Gasteiger partial charge in [-0.2, -0.15) is 0 Å². The van der Waals surface area contributed by atoms with E-state index in [-0.39, 0.29) is 42.7 Å². The molecule has 0 aliphatic carbocycles. The number of carbonyl (C=O) groups excluding carboxylic acids is 2. The molecule has 210 valence electrons. The molecule has 0 saturated carbocycles. The molecule has 0 aromatic heterocycles. The van der Waals surface area contributed by atoms with E-state index >= 15 is 0 Å². The van der Waals surface area contributed by atoms with E-state index in [1.54, 1.807) is 0 Å². The third kappa shape index (κ3) is 6.98. The number of aliphatic hydroxyl groups is 1. The van der Waals surface area contributed by atoms with Gasteiger partial charge < -0.3 is 9.84 Å². The third-order valence-corrected chi connectivity index (χ3v) is 7.46. The van der Waals surface area contributed by atoms with Gasteiger partial charge in [0.15, 0.2) is 0 Å². The molecule has 1 saturated heterocycles. The predicted molar refractivity (Wildman–Crippen MR) is 158 cm³/mol. The van der Waals surface area contributed by atoms with Crippen molar-refractivity contribution in [1.82, 2.24) is 14.7 Å². The van der Waals surface area contributed by atoms with Gasteiger partial charge in [0.2, 0.25) is 0 Å². The van der Waals surface area contributed by atoms with Crippen molar-refractivity contribution in [2.24, 2.45) is 0 Å². The number of nitrogens with zero attached hydrogens (tertiary/aromatic N) is 3. The van der Waals surface area contributed by atoms with Gasteiger partial charge in [0.05, 0.1) is 18.8 Å². The SMILES string of the molecule is CCC(OCC(O)CN1CCN(CCN2C(=O)c3cccc4cccc(c34)C2=O)CC1)c1ccccc1.Cl.Cl. The summed E-state index contributed by atoms with van der Waals surface area (Å²) in [6.45, 7) is 7.31. The molecule has 3 aromatic rings. The minimum absolute atomic E-state index is 0. The van der Waals surface area contributed by atoms with E-state index in [1.807, 2.05) is 54.6 Å². The van der Waals surface area contributed by atoms with Crippen molar-refractivity contribution in [3.05, 3.63) is 83.4 Å². The topological polar surface area (TPSA) is 73.3 Å². The van der Waals surface area contributed by atoms with Gasteiger partial charge in [0, 0.05) is 62.3 Å². The maximum Gasteiger partial charge on any atom is 0.261 e. The second kappa shape index (κ2) is 14.2. The first kappa shape index (κ1) is 31.0. The quantitative estimate of drug-likeness (QED) is 0.362. The Bertz CT molecular complexity index is 1200. The van der Waals surface area contributed by atoms with Gasteiger partial charge in [-0.05, 0) is 29.5 Å². The number of carbonyl (C=O) groups is 2. The molecule has 9 heteroatoms. The molecule has 2 aliphatic rings. The molecule has 0 spiro atoms. The molecular formula is C30H37Cl2N3O4. The molecule has 1 N–H and O–H groups in total. The van der Waals surface area contributed by atoms with E-state index in [0.717, 1.165) is 48.9 Å². The summed E-state index contributed by atoms with van der Waals surface area (Å²) in [5, 5.41) is 12.3. The molecule has 0 radical (unpaired) electrons. The first-order valence-electron chi connectivity index (χ1n) is 13.2. The highest BCUT2D eigenvalue weighted by atomic mass is 35.5. The zero-order valence-electron chi connectivity index (χ0n) is 22.2. The summed E-state index contributed by atoms with van der Waals surface area (Å²) in [4.78, 5) is 32.2. The largest absolute Gasteiger partial charge is 0.389 e. The lowest BCUT2D eigenvalue weighted by Gasteiger charge is -2.37. The minimum atomic E-state index is -0.546. The van der Waals surface area contributed by atoms with Gasteiger partial charge in [0.1, 0.15) is 0 Å². The van der Waals surface area contributed by atoms with Crippen LogP contribution in [-0.2, 0) is 4.74 Å². The Morgan fingerprint density at radius 2 is 1.38 bits per heavy atom. The van der Waals surface area contributed by atoms with Crippen LogP contribution < -0.4 is 0 Å². The first-order chi connectivity index (χ1) is 18.0. The van der Waals surface area contributed by atoms with Gasteiger partial charge in [-0.25, -0.2) is 0 Å². The second-order valence-electron chi connectivity index (χ2n) is 9.91. The molecule has 2 aliphatic heterocycles. The number of hydrogen-bond acceptors (Lipinski definition) is 6. The van der Waals surface area contributed by atoms with Crippen LogP contribution in [0, 0.1) is 0 Å². The van der Waals surface area contributed by atoms with Gasteiger partial charge in [0.25, 0.3) is 11.8 Å². The molecule has 2 unspecified atom stereocenters. The number of rotatable bonds is 10. The summed E-state index contributed by atoms with van der Waals surface area (Å²) in [5.41, 5.74) is 2.34. The summed E-state index contributed by atoms with van der Waals surface area (Å²) < 4.78 is 6.02. The van der Waals surface area contributed by atoms with E-state index < -0.39 is 6.10 Å². The molecule has 7 nitrogen and oxygen atoms in total. The van der Waals surface area contributed by atoms with Gasteiger partial charge >= 0.3 is 0 Å². The second-order valence-corrected chi connectivity index (χ2v) is 9.91. The molecule has 1 fully saturated rings. The molecule has 2 amide bonds. The summed E-state index contributed by atoms with van der Waals surface area (Å²) in [7, 11) is 0. The van der Waals surface area contributed by atoms with Crippen LogP contribution in [0.4, 0.5) is 0 Å². The number of halogens is 2. The van der Waals surface area contributed by atoms with Crippen molar-refractivity contribution in [2.45, 2.75) is 25.6 Å². The van der Waals surface area contributed by atoms with Crippen LogP contribution >= 0.6 is 24.8 Å². The van der Waals surface area contributed by atoms with Gasteiger partial charge in [-0.15, -0.1) is 24.8 Å². The van der Waals surface area contributed by atoms with Crippen LogP contribution in [0.5, 0.6) is 0 Å². The van der Waals surface area contributed by atoms with E-state index in [1.165, 1.54) is 4.90 Å².